The van der Waals surface area contributed by atoms with Crippen LogP contribution in [0.4, 0.5) is 5.82 Å². The Morgan fingerprint density at radius 2 is 2.25 bits per heavy atom. The fraction of sp³-hybridized carbons (Fsp3) is 0.583. The van der Waals surface area contributed by atoms with Crippen LogP contribution in [0.1, 0.15) is 18.4 Å². The number of pyridine rings is 1. The molecule has 1 unspecified atom stereocenters. The minimum Gasteiger partial charge on any atom is -0.392 e. The van der Waals surface area contributed by atoms with Crippen molar-refractivity contribution in [1.29, 1.82) is 0 Å². The first kappa shape index (κ1) is 11.4. The maximum absolute atomic E-state index is 10.1. The summed E-state index contributed by atoms with van der Waals surface area (Å²) in [6, 6.07) is 3.72. The summed E-state index contributed by atoms with van der Waals surface area (Å²) >= 11 is 0. The summed E-state index contributed by atoms with van der Waals surface area (Å²) < 4.78 is 5.28. The largest absolute Gasteiger partial charge is 0.392 e. The summed E-state index contributed by atoms with van der Waals surface area (Å²) in [4.78, 5) is 3.94. The maximum Gasteiger partial charge on any atom is 0.123 e. The van der Waals surface area contributed by atoms with Crippen LogP contribution in [-0.4, -0.2) is 29.4 Å². The molecule has 16 heavy (non-hydrogen) atoms. The normalized spacial score (nSPS) is 19.6. The van der Waals surface area contributed by atoms with E-state index in [2.05, 4.69) is 4.98 Å². The fourth-order valence-corrected chi connectivity index (χ4v) is 2.13. The average Bonchev–Trinajstić information content (AvgIpc) is 2.30. The van der Waals surface area contributed by atoms with Gasteiger partial charge in [0.1, 0.15) is 5.82 Å². The average molecular weight is 222 g/mol. The zero-order chi connectivity index (χ0) is 11.4. The van der Waals surface area contributed by atoms with E-state index in [-0.39, 0.29) is 6.10 Å². The number of nitrogen functional groups attached to an aromatic ring is 1. The first-order valence-electron chi connectivity index (χ1n) is 5.72. The van der Waals surface area contributed by atoms with Gasteiger partial charge in [-0.25, -0.2) is 4.98 Å². The lowest BCUT2D eigenvalue weighted by Gasteiger charge is -2.26. The molecule has 0 spiro atoms. The van der Waals surface area contributed by atoms with E-state index in [1.165, 1.54) is 0 Å². The molecular formula is C12H18N2O2. The Morgan fingerprint density at radius 3 is 2.94 bits per heavy atom. The van der Waals surface area contributed by atoms with Gasteiger partial charge in [-0.3, -0.25) is 0 Å². The van der Waals surface area contributed by atoms with E-state index < -0.39 is 0 Å². The Kier molecular flexibility index (Phi) is 3.74. The molecule has 0 radical (unpaired) electrons. The van der Waals surface area contributed by atoms with E-state index >= 15 is 0 Å². The van der Waals surface area contributed by atoms with Crippen LogP contribution in [0, 0.1) is 5.92 Å². The Balaban J connectivity index is 1.93. The predicted molar refractivity (Wildman–Crippen MR) is 61.9 cm³/mol. The molecule has 1 saturated heterocycles. The van der Waals surface area contributed by atoms with Crippen LogP contribution in [0.15, 0.2) is 18.3 Å². The summed E-state index contributed by atoms with van der Waals surface area (Å²) in [6.07, 6.45) is 3.92. The lowest BCUT2D eigenvalue weighted by atomic mass is 9.90. The number of aliphatic hydroxyl groups excluding tert-OH is 1. The van der Waals surface area contributed by atoms with Gasteiger partial charge in [0.2, 0.25) is 0 Å². The van der Waals surface area contributed by atoms with Crippen molar-refractivity contribution in [1.82, 2.24) is 4.98 Å². The molecule has 1 aliphatic heterocycles. The van der Waals surface area contributed by atoms with Crippen LogP contribution in [0.5, 0.6) is 0 Å². The van der Waals surface area contributed by atoms with Crippen LogP contribution in [0.3, 0.4) is 0 Å². The van der Waals surface area contributed by atoms with E-state index in [0.717, 1.165) is 31.6 Å². The molecule has 2 rings (SSSR count). The molecule has 0 aromatic carbocycles. The second-order valence-electron chi connectivity index (χ2n) is 4.31. The highest BCUT2D eigenvalue weighted by Gasteiger charge is 2.22. The summed E-state index contributed by atoms with van der Waals surface area (Å²) in [7, 11) is 0. The molecule has 4 heteroatoms. The van der Waals surface area contributed by atoms with Crippen molar-refractivity contribution in [2.24, 2.45) is 5.92 Å². The van der Waals surface area contributed by atoms with Gasteiger partial charge in [-0.05, 0) is 42.9 Å². The predicted octanol–water partition coefficient (Wildman–Crippen LogP) is 0.994. The number of anilines is 1. The molecule has 0 aliphatic carbocycles. The van der Waals surface area contributed by atoms with Crippen LogP contribution in [-0.2, 0) is 11.2 Å². The van der Waals surface area contributed by atoms with Gasteiger partial charge >= 0.3 is 0 Å². The number of nitrogens with zero attached hydrogens (tertiary/aromatic N) is 1. The van der Waals surface area contributed by atoms with Crippen molar-refractivity contribution >= 4 is 5.82 Å². The molecule has 1 aromatic rings. The van der Waals surface area contributed by atoms with E-state index in [4.69, 9.17) is 10.5 Å². The van der Waals surface area contributed by atoms with Gasteiger partial charge in [0, 0.05) is 19.4 Å². The zero-order valence-corrected chi connectivity index (χ0v) is 9.30. The number of hydrogen-bond acceptors (Lipinski definition) is 4. The maximum atomic E-state index is 10.1. The minimum absolute atomic E-state index is 0.300. The van der Waals surface area contributed by atoms with Gasteiger partial charge in [0.25, 0.3) is 0 Å². The molecule has 2 heterocycles. The van der Waals surface area contributed by atoms with Crippen molar-refractivity contribution < 1.29 is 9.84 Å². The van der Waals surface area contributed by atoms with Gasteiger partial charge in [-0.2, -0.15) is 0 Å². The highest BCUT2D eigenvalue weighted by Crippen LogP contribution is 2.21. The monoisotopic (exact) mass is 222 g/mol. The third kappa shape index (κ3) is 2.93. The Morgan fingerprint density at radius 1 is 1.50 bits per heavy atom. The van der Waals surface area contributed by atoms with Gasteiger partial charge in [-0.15, -0.1) is 0 Å². The smallest absolute Gasteiger partial charge is 0.123 e. The third-order valence-corrected chi connectivity index (χ3v) is 3.10. The molecule has 0 amide bonds. The number of rotatable bonds is 3. The second-order valence-corrected chi connectivity index (χ2v) is 4.31. The fourth-order valence-electron chi connectivity index (χ4n) is 2.13. The number of ether oxygens (including phenoxy) is 1. The lowest BCUT2D eigenvalue weighted by molar-refractivity contribution is 0.00839. The van der Waals surface area contributed by atoms with Gasteiger partial charge < -0.3 is 15.6 Å². The standard InChI is InChI=1S/C12H18N2O2/c13-12-8-9(1-4-14-12)7-11(15)10-2-5-16-6-3-10/h1,4,8,10-11,15H,2-3,5-7H2,(H2,13,14). The van der Waals surface area contributed by atoms with Gasteiger partial charge in [0.15, 0.2) is 0 Å². The lowest BCUT2D eigenvalue weighted by Crippen LogP contribution is -2.28. The third-order valence-electron chi connectivity index (χ3n) is 3.10. The summed E-state index contributed by atoms with van der Waals surface area (Å²) in [5.74, 6) is 0.861. The Hall–Kier alpha value is -1.13. The molecule has 3 N–H and O–H groups in total. The molecule has 4 nitrogen and oxygen atoms in total. The quantitative estimate of drug-likeness (QED) is 0.800. The van der Waals surface area contributed by atoms with Crippen LogP contribution in [0.25, 0.3) is 0 Å². The van der Waals surface area contributed by atoms with Crippen molar-refractivity contribution in [2.75, 3.05) is 18.9 Å². The SMILES string of the molecule is Nc1cc(CC(O)C2CCOCC2)ccn1. The van der Waals surface area contributed by atoms with Crippen molar-refractivity contribution in [3.05, 3.63) is 23.9 Å². The molecule has 1 fully saturated rings. The first-order valence-corrected chi connectivity index (χ1v) is 5.72. The number of nitrogens with two attached hydrogens (primary N) is 1. The highest BCUT2D eigenvalue weighted by molar-refractivity contribution is 5.32. The molecule has 1 atom stereocenters. The Labute approximate surface area is 95.4 Å². The van der Waals surface area contributed by atoms with E-state index in [0.29, 0.717) is 18.2 Å². The number of aliphatic hydroxyl groups is 1. The van der Waals surface area contributed by atoms with Crippen LogP contribution >= 0.6 is 0 Å². The molecule has 88 valence electrons. The van der Waals surface area contributed by atoms with E-state index in [1.807, 2.05) is 12.1 Å². The molecule has 1 aliphatic rings. The molecule has 1 aromatic heterocycles. The van der Waals surface area contributed by atoms with E-state index in [1.54, 1.807) is 6.20 Å². The number of hydrogen-bond donors (Lipinski definition) is 2. The van der Waals surface area contributed by atoms with Gasteiger partial charge in [-0.1, -0.05) is 0 Å². The van der Waals surface area contributed by atoms with Crippen molar-refractivity contribution in [3.8, 4) is 0 Å². The summed E-state index contributed by atoms with van der Waals surface area (Å²) in [5.41, 5.74) is 6.65. The molecule has 0 saturated carbocycles. The summed E-state index contributed by atoms with van der Waals surface area (Å²) in [6.45, 7) is 1.53. The van der Waals surface area contributed by atoms with E-state index in [9.17, 15) is 5.11 Å². The first-order chi connectivity index (χ1) is 7.75. The molecule has 0 bridgehead atoms. The van der Waals surface area contributed by atoms with Crippen LogP contribution < -0.4 is 5.73 Å². The topological polar surface area (TPSA) is 68.4 Å². The van der Waals surface area contributed by atoms with Crippen molar-refractivity contribution in [3.63, 3.8) is 0 Å². The van der Waals surface area contributed by atoms with Gasteiger partial charge in [0.05, 0.1) is 6.10 Å². The highest BCUT2D eigenvalue weighted by atomic mass is 16.5. The van der Waals surface area contributed by atoms with Crippen molar-refractivity contribution in [2.45, 2.75) is 25.4 Å². The molecular weight excluding hydrogens is 204 g/mol. The number of aromatic nitrogens is 1. The summed E-state index contributed by atoms with van der Waals surface area (Å²) in [5, 5.41) is 10.1. The Bertz CT molecular complexity index is 338. The zero-order valence-electron chi connectivity index (χ0n) is 9.30. The van der Waals surface area contributed by atoms with Crippen LogP contribution in [0.2, 0.25) is 0 Å². The minimum atomic E-state index is -0.300. The second kappa shape index (κ2) is 5.27.